The first-order valence-corrected chi connectivity index (χ1v) is 11.4. The molecule has 0 aliphatic rings. The number of carbonyl (C=O) groups is 1. The number of rotatable bonds is 9. The summed E-state index contributed by atoms with van der Waals surface area (Å²) in [5.74, 6) is 0.266. The average molecular weight is 439 g/mol. The maximum atomic E-state index is 13.3. The Morgan fingerprint density at radius 3 is 2.16 bits per heavy atom. The number of carbonyl (C=O) groups excluding carboxylic acids is 1. The lowest BCUT2D eigenvalue weighted by atomic mass is 10.1. The zero-order valence-electron chi connectivity index (χ0n) is 17.6. The standard InChI is InChI=1S/C24H26N2O4S/c1-19(22-15-9-10-16-23(22)30-2)25-24(27)18-26(17-20-11-5-3-6-12-20)31(28,29)21-13-7-4-8-14-21/h3-16,19H,17-18H2,1-2H3,(H,25,27)/t19-/m0/s1. The van der Waals surface area contributed by atoms with E-state index in [2.05, 4.69) is 5.32 Å². The number of hydrogen-bond acceptors (Lipinski definition) is 4. The fourth-order valence-electron chi connectivity index (χ4n) is 3.30. The zero-order chi connectivity index (χ0) is 22.3. The van der Waals surface area contributed by atoms with Crippen LogP contribution >= 0.6 is 0 Å². The normalized spacial score (nSPS) is 12.4. The topological polar surface area (TPSA) is 75.7 Å². The molecule has 0 saturated carbocycles. The highest BCUT2D eigenvalue weighted by atomic mass is 32.2. The van der Waals surface area contributed by atoms with Crippen molar-refractivity contribution in [2.75, 3.05) is 13.7 Å². The van der Waals surface area contributed by atoms with Gasteiger partial charge in [0.2, 0.25) is 15.9 Å². The first-order valence-electron chi connectivity index (χ1n) is 9.93. The van der Waals surface area contributed by atoms with Crippen LogP contribution in [-0.2, 0) is 21.4 Å². The number of hydrogen-bond donors (Lipinski definition) is 1. The van der Waals surface area contributed by atoms with Crippen molar-refractivity contribution in [1.29, 1.82) is 0 Å². The van der Waals surface area contributed by atoms with Gasteiger partial charge in [-0.05, 0) is 30.7 Å². The Bertz CT molecular complexity index is 1100. The summed E-state index contributed by atoms with van der Waals surface area (Å²) in [6.07, 6.45) is 0. The molecule has 7 heteroatoms. The molecule has 0 saturated heterocycles. The molecule has 3 rings (SSSR count). The van der Waals surface area contributed by atoms with Crippen LogP contribution in [0.5, 0.6) is 5.75 Å². The van der Waals surface area contributed by atoms with Crippen LogP contribution in [0.3, 0.4) is 0 Å². The van der Waals surface area contributed by atoms with Crippen LogP contribution < -0.4 is 10.1 Å². The largest absolute Gasteiger partial charge is 0.496 e. The summed E-state index contributed by atoms with van der Waals surface area (Å²) in [6.45, 7) is 1.63. The summed E-state index contributed by atoms with van der Waals surface area (Å²) in [6, 6.07) is 24.4. The summed E-state index contributed by atoms with van der Waals surface area (Å²) < 4.78 is 33.1. The van der Waals surface area contributed by atoms with Crippen molar-refractivity contribution >= 4 is 15.9 Å². The van der Waals surface area contributed by atoms with E-state index < -0.39 is 15.9 Å². The van der Waals surface area contributed by atoms with Gasteiger partial charge in [-0.2, -0.15) is 4.31 Å². The van der Waals surface area contributed by atoms with E-state index in [0.29, 0.717) is 5.75 Å². The van der Waals surface area contributed by atoms with E-state index in [1.165, 1.54) is 16.4 Å². The van der Waals surface area contributed by atoms with Crippen molar-refractivity contribution in [3.8, 4) is 5.75 Å². The summed E-state index contributed by atoms with van der Waals surface area (Å²) in [7, 11) is -2.29. The molecule has 0 aromatic heterocycles. The molecule has 0 unspecified atom stereocenters. The third kappa shape index (κ3) is 5.71. The molecule has 1 N–H and O–H groups in total. The van der Waals surface area contributed by atoms with Gasteiger partial charge in [0.05, 0.1) is 24.6 Å². The minimum Gasteiger partial charge on any atom is -0.496 e. The number of para-hydroxylation sites is 1. The summed E-state index contributed by atoms with van der Waals surface area (Å²) in [5.41, 5.74) is 1.62. The number of nitrogens with zero attached hydrogens (tertiary/aromatic N) is 1. The highest BCUT2D eigenvalue weighted by Gasteiger charge is 2.27. The van der Waals surface area contributed by atoms with Crippen molar-refractivity contribution in [2.45, 2.75) is 24.4 Å². The predicted octanol–water partition coefficient (Wildman–Crippen LogP) is 3.76. The zero-order valence-corrected chi connectivity index (χ0v) is 18.4. The number of amides is 1. The Balaban J connectivity index is 1.82. The van der Waals surface area contributed by atoms with Crippen molar-refractivity contribution in [2.24, 2.45) is 0 Å². The minimum absolute atomic E-state index is 0.0918. The van der Waals surface area contributed by atoms with E-state index in [4.69, 9.17) is 4.74 Å². The van der Waals surface area contributed by atoms with Crippen LogP contribution in [0.2, 0.25) is 0 Å². The lowest BCUT2D eigenvalue weighted by molar-refractivity contribution is -0.122. The molecule has 1 atom stereocenters. The van der Waals surface area contributed by atoms with Gasteiger partial charge < -0.3 is 10.1 Å². The second-order valence-corrected chi connectivity index (χ2v) is 9.04. The van der Waals surface area contributed by atoms with Crippen LogP contribution in [0.15, 0.2) is 89.8 Å². The molecular weight excluding hydrogens is 412 g/mol. The quantitative estimate of drug-likeness (QED) is 0.552. The summed E-state index contributed by atoms with van der Waals surface area (Å²) in [5, 5.41) is 2.89. The molecule has 31 heavy (non-hydrogen) atoms. The SMILES string of the molecule is COc1ccccc1[C@H](C)NC(=O)CN(Cc1ccccc1)S(=O)(=O)c1ccccc1. The molecule has 162 valence electrons. The molecule has 1 amide bonds. The molecule has 0 aliphatic carbocycles. The van der Waals surface area contributed by atoms with Gasteiger partial charge in [-0.25, -0.2) is 8.42 Å². The van der Waals surface area contributed by atoms with Gasteiger partial charge in [-0.1, -0.05) is 66.7 Å². The van der Waals surface area contributed by atoms with E-state index in [1.807, 2.05) is 61.5 Å². The summed E-state index contributed by atoms with van der Waals surface area (Å²) >= 11 is 0. The average Bonchev–Trinajstić information content (AvgIpc) is 2.79. The third-order valence-corrected chi connectivity index (χ3v) is 6.69. The van der Waals surface area contributed by atoms with Crippen molar-refractivity contribution in [1.82, 2.24) is 9.62 Å². The van der Waals surface area contributed by atoms with Crippen LogP contribution in [0.25, 0.3) is 0 Å². The van der Waals surface area contributed by atoms with E-state index in [1.54, 1.807) is 25.3 Å². The number of sulfonamides is 1. The first-order chi connectivity index (χ1) is 14.9. The van der Waals surface area contributed by atoms with Crippen molar-refractivity contribution < 1.29 is 17.9 Å². The lowest BCUT2D eigenvalue weighted by Crippen LogP contribution is -2.41. The molecule has 0 spiro atoms. The second kappa shape index (κ2) is 10.2. The van der Waals surface area contributed by atoms with Crippen LogP contribution in [-0.4, -0.2) is 32.3 Å². The highest BCUT2D eigenvalue weighted by molar-refractivity contribution is 7.89. The Morgan fingerprint density at radius 2 is 1.52 bits per heavy atom. The monoisotopic (exact) mass is 438 g/mol. The first kappa shape index (κ1) is 22.5. The van der Waals surface area contributed by atoms with Gasteiger partial charge >= 0.3 is 0 Å². The Morgan fingerprint density at radius 1 is 0.935 bits per heavy atom. The van der Waals surface area contributed by atoms with E-state index in [9.17, 15) is 13.2 Å². The van der Waals surface area contributed by atoms with Gasteiger partial charge in [0.15, 0.2) is 0 Å². The third-order valence-electron chi connectivity index (χ3n) is 4.89. The van der Waals surface area contributed by atoms with Gasteiger partial charge in [-0.15, -0.1) is 0 Å². The predicted molar refractivity (Wildman–Crippen MR) is 120 cm³/mol. The fourth-order valence-corrected chi connectivity index (χ4v) is 4.71. The van der Waals surface area contributed by atoms with Crippen molar-refractivity contribution in [3.63, 3.8) is 0 Å². The molecule has 0 fully saturated rings. The number of methoxy groups -OCH3 is 1. The maximum absolute atomic E-state index is 13.3. The summed E-state index contributed by atoms with van der Waals surface area (Å²) in [4.78, 5) is 13.0. The number of nitrogens with one attached hydrogen (secondary N) is 1. The highest BCUT2D eigenvalue weighted by Crippen LogP contribution is 2.24. The lowest BCUT2D eigenvalue weighted by Gasteiger charge is -2.23. The molecule has 3 aromatic rings. The van der Waals surface area contributed by atoms with Crippen molar-refractivity contribution in [3.05, 3.63) is 96.1 Å². The van der Waals surface area contributed by atoms with Gasteiger partial charge in [0.25, 0.3) is 0 Å². The van der Waals surface area contributed by atoms with Crippen LogP contribution in [0.1, 0.15) is 24.1 Å². The Labute approximate surface area is 183 Å². The van der Waals surface area contributed by atoms with E-state index in [-0.39, 0.29) is 24.0 Å². The smallest absolute Gasteiger partial charge is 0.243 e. The van der Waals surface area contributed by atoms with Gasteiger partial charge in [-0.3, -0.25) is 4.79 Å². The Kier molecular flexibility index (Phi) is 7.44. The maximum Gasteiger partial charge on any atom is 0.243 e. The molecule has 0 radical (unpaired) electrons. The fraction of sp³-hybridized carbons (Fsp3) is 0.208. The van der Waals surface area contributed by atoms with Gasteiger partial charge in [0, 0.05) is 12.1 Å². The molecule has 0 aliphatic heterocycles. The van der Waals surface area contributed by atoms with Crippen LogP contribution in [0, 0.1) is 0 Å². The molecule has 3 aromatic carbocycles. The number of benzene rings is 3. The molecule has 0 heterocycles. The number of ether oxygens (including phenoxy) is 1. The molecule has 6 nitrogen and oxygen atoms in total. The second-order valence-electron chi connectivity index (χ2n) is 7.10. The van der Waals surface area contributed by atoms with Crippen LogP contribution in [0.4, 0.5) is 0 Å². The molecular formula is C24H26N2O4S. The van der Waals surface area contributed by atoms with E-state index >= 15 is 0 Å². The van der Waals surface area contributed by atoms with Gasteiger partial charge in [0.1, 0.15) is 5.75 Å². The Hall–Kier alpha value is -3.16. The molecule has 0 bridgehead atoms. The minimum atomic E-state index is -3.86. The van der Waals surface area contributed by atoms with E-state index in [0.717, 1.165) is 11.1 Å².